The van der Waals surface area contributed by atoms with Crippen LogP contribution < -0.4 is 15.8 Å². The third-order valence-corrected chi connectivity index (χ3v) is 6.70. The van der Waals surface area contributed by atoms with Crippen LogP contribution in [0.5, 0.6) is 0 Å². The molecule has 2 heterocycles. The Morgan fingerprint density at radius 2 is 1.93 bits per heavy atom. The van der Waals surface area contributed by atoms with Gasteiger partial charge in [-0.2, -0.15) is 11.8 Å². The molecule has 7 heteroatoms. The average Bonchev–Trinajstić information content (AvgIpc) is 3.59. The zero-order valence-electron chi connectivity index (χ0n) is 16.9. The van der Waals surface area contributed by atoms with Gasteiger partial charge in [-0.15, -0.1) is 0 Å². The smallest absolute Gasteiger partial charge is 0.265 e. The number of aryl methyl sites for hydroxylation is 1. The van der Waals surface area contributed by atoms with E-state index < -0.39 is 0 Å². The summed E-state index contributed by atoms with van der Waals surface area (Å²) in [6, 6.07) is 11.7. The van der Waals surface area contributed by atoms with Gasteiger partial charge in [0, 0.05) is 41.9 Å². The largest absolute Gasteiger partial charge is 0.370 e. The van der Waals surface area contributed by atoms with Gasteiger partial charge in [0.05, 0.1) is 16.6 Å². The van der Waals surface area contributed by atoms with Gasteiger partial charge in [0.25, 0.3) is 11.5 Å². The molecule has 2 aromatic carbocycles. The highest BCUT2D eigenvalue weighted by Gasteiger charge is 2.24. The zero-order chi connectivity index (χ0) is 20.7. The normalized spacial score (nSPS) is 16.6. The monoisotopic (exact) mass is 420 g/mol. The molecule has 1 aromatic heterocycles. The van der Waals surface area contributed by atoms with Crippen LogP contribution in [0.4, 0.5) is 5.69 Å². The number of carbonyl (C=O) groups is 1. The fourth-order valence-corrected chi connectivity index (χ4v) is 4.71. The number of amides is 1. The summed E-state index contributed by atoms with van der Waals surface area (Å²) in [6.07, 6.45) is 3.64. The van der Waals surface area contributed by atoms with Crippen LogP contribution in [0, 0.1) is 6.92 Å². The lowest BCUT2D eigenvalue weighted by molar-refractivity contribution is 0.0951. The van der Waals surface area contributed by atoms with Crippen LogP contribution in [0.3, 0.4) is 0 Å². The maximum Gasteiger partial charge on any atom is 0.265 e. The summed E-state index contributed by atoms with van der Waals surface area (Å²) in [4.78, 5) is 32.7. The topological polar surface area (TPSA) is 67.2 Å². The van der Waals surface area contributed by atoms with Crippen molar-refractivity contribution in [3.63, 3.8) is 0 Å². The van der Waals surface area contributed by atoms with E-state index >= 15 is 0 Å². The van der Waals surface area contributed by atoms with Gasteiger partial charge in [-0.1, -0.05) is 6.07 Å². The van der Waals surface area contributed by atoms with Gasteiger partial charge in [-0.05, 0) is 55.7 Å². The molecule has 30 heavy (non-hydrogen) atoms. The standard InChI is InChI=1S/C23H24N4O2S/c1-15-2-3-16(22(28)25-17-4-5-17)12-21(15)27-14-24-20-7-6-18(13-19(20)23(27)29)26-8-10-30-11-9-26/h2-3,6-7,12-14,17H,4-5,8-11H2,1H3,(H,25,28). The van der Waals surface area contributed by atoms with Crippen molar-refractivity contribution in [3.05, 3.63) is 64.2 Å². The number of rotatable bonds is 4. The molecule has 0 unspecified atom stereocenters. The van der Waals surface area contributed by atoms with Crippen LogP contribution in [0.15, 0.2) is 47.5 Å². The van der Waals surface area contributed by atoms with E-state index in [9.17, 15) is 9.59 Å². The number of hydrogen-bond donors (Lipinski definition) is 1. The maximum absolute atomic E-state index is 13.4. The van der Waals surface area contributed by atoms with Crippen molar-refractivity contribution in [2.45, 2.75) is 25.8 Å². The molecule has 1 aliphatic carbocycles. The summed E-state index contributed by atoms with van der Waals surface area (Å²) >= 11 is 1.96. The summed E-state index contributed by atoms with van der Waals surface area (Å²) in [5.74, 6) is 2.11. The molecule has 0 atom stereocenters. The van der Waals surface area contributed by atoms with Gasteiger partial charge in [0.15, 0.2) is 0 Å². The number of nitrogens with one attached hydrogen (secondary N) is 1. The van der Waals surface area contributed by atoms with Gasteiger partial charge < -0.3 is 10.2 Å². The number of hydrogen-bond acceptors (Lipinski definition) is 5. The number of benzene rings is 2. The molecule has 154 valence electrons. The summed E-state index contributed by atoms with van der Waals surface area (Å²) in [5.41, 5.74) is 3.81. The van der Waals surface area contributed by atoms with Crippen LogP contribution in [-0.4, -0.2) is 46.1 Å². The van der Waals surface area contributed by atoms with E-state index in [1.807, 2.05) is 49.0 Å². The predicted octanol–water partition coefficient (Wildman–Crippen LogP) is 3.14. The van der Waals surface area contributed by atoms with Crippen molar-refractivity contribution in [1.29, 1.82) is 0 Å². The first-order valence-electron chi connectivity index (χ1n) is 10.4. The number of nitrogens with zero attached hydrogens (tertiary/aromatic N) is 3. The number of aromatic nitrogens is 2. The third kappa shape index (κ3) is 3.69. The molecule has 1 N–H and O–H groups in total. The van der Waals surface area contributed by atoms with E-state index in [-0.39, 0.29) is 11.5 Å². The van der Waals surface area contributed by atoms with E-state index in [0.717, 1.165) is 48.7 Å². The number of fused-ring (bicyclic) bond motifs is 1. The third-order valence-electron chi connectivity index (χ3n) is 5.76. The first kappa shape index (κ1) is 19.2. The first-order chi connectivity index (χ1) is 14.6. The van der Waals surface area contributed by atoms with Crippen molar-refractivity contribution in [1.82, 2.24) is 14.9 Å². The van der Waals surface area contributed by atoms with E-state index in [0.29, 0.717) is 28.2 Å². The van der Waals surface area contributed by atoms with Crippen LogP contribution in [0.2, 0.25) is 0 Å². The van der Waals surface area contributed by atoms with Crippen molar-refractivity contribution in [3.8, 4) is 5.69 Å². The molecule has 0 bridgehead atoms. The lowest BCUT2D eigenvalue weighted by atomic mass is 10.1. The first-order valence-corrected chi connectivity index (χ1v) is 11.5. The van der Waals surface area contributed by atoms with E-state index in [2.05, 4.69) is 15.2 Å². The fourth-order valence-electron chi connectivity index (χ4n) is 3.81. The molecule has 1 saturated carbocycles. The van der Waals surface area contributed by atoms with Crippen LogP contribution in [0.1, 0.15) is 28.8 Å². The lowest BCUT2D eigenvalue weighted by Gasteiger charge is -2.28. The van der Waals surface area contributed by atoms with Gasteiger partial charge in [-0.3, -0.25) is 14.2 Å². The Labute approximate surface area is 179 Å². The molecule has 0 radical (unpaired) electrons. The second kappa shape index (κ2) is 7.80. The van der Waals surface area contributed by atoms with E-state index in [1.54, 1.807) is 17.0 Å². The van der Waals surface area contributed by atoms with Crippen LogP contribution >= 0.6 is 11.8 Å². The van der Waals surface area contributed by atoms with Crippen LogP contribution in [0.25, 0.3) is 16.6 Å². The van der Waals surface area contributed by atoms with Crippen molar-refractivity contribution >= 4 is 34.3 Å². The SMILES string of the molecule is Cc1ccc(C(=O)NC2CC2)cc1-n1cnc2ccc(N3CCSCC3)cc2c1=O. The highest BCUT2D eigenvalue weighted by atomic mass is 32.2. The quantitative estimate of drug-likeness (QED) is 0.702. The molecule has 5 rings (SSSR count). The Balaban J connectivity index is 1.56. The van der Waals surface area contributed by atoms with Gasteiger partial charge in [0.2, 0.25) is 0 Å². The molecule has 1 aliphatic heterocycles. The Morgan fingerprint density at radius 1 is 1.13 bits per heavy atom. The van der Waals surface area contributed by atoms with Crippen molar-refractivity contribution in [2.75, 3.05) is 29.5 Å². The molecule has 1 amide bonds. The van der Waals surface area contributed by atoms with Crippen LogP contribution in [-0.2, 0) is 0 Å². The minimum absolute atomic E-state index is 0.0919. The molecular formula is C23H24N4O2S. The molecular weight excluding hydrogens is 396 g/mol. The maximum atomic E-state index is 13.4. The summed E-state index contributed by atoms with van der Waals surface area (Å²) in [6.45, 7) is 3.92. The van der Waals surface area contributed by atoms with E-state index in [4.69, 9.17) is 0 Å². The second-order valence-electron chi connectivity index (χ2n) is 7.97. The molecule has 0 spiro atoms. The highest BCUT2D eigenvalue weighted by Crippen LogP contribution is 2.24. The van der Waals surface area contributed by atoms with Gasteiger partial charge in [-0.25, -0.2) is 4.98 Å². The highest BCUT2D eigenvalue weighted by molar-refractivity contribution is 7.99. The fraction of sp³-hybridized carbons (Fsp3) is 0.348. The Morgan fingerprint density at radius 3 is 2.70 bits per heavy atom. The molecule has 2 aliphatic rings. The predicted molar refractivity (Wildman–Crippen MR) is 122 cm³/mol. The van der Waals surface area contributed by atoms with Gasteiger partial charge in [0.1, 0.15) is 6.33 Å². The summed E-state index contributed by atoms with van der Waals surface area (Å²) < 4.78 is 1.56. The Bertz CT molecular complexity index is 1180. The minimum atomic E-state index is -0.115. The van der Waals surface area contributed by atoms with E-state index in [1.165, 1.54) is 0 Å². The molecule has 6 nitrogen and oxygen atoms in total. The lowest BCUT2D eigenvalue weighted by Crippen LogP contribution is -2.32. The van der Waals surface area contributed by atoms with Crippen molar-refractivity contribution < 1.29 is 4.79 Å². The Kier molecular flexibility index (Phi) is 4.98. The summed E-state index contributed by atoms with van der Waals surface area (Å²) in [7, 11) is 0. The molecule has 1 saturated heterocycles. The number of anilines is 1. The second-order valence-corrected chi connectivity index (χ2v) is 9.19. The zero-order valence-corrected chi connectivity index (χ0v) is 17.7. The summed E-state index contributed by atoms with van der Waals surface area (Å²) in [5, 5.41) is 3.60. The minimum Gasteiger partial charge on any atom is -0.370 e. The number of thioether (sulfide) groups is 1. The number of carbonyl (C=O) groups excluding carboxylic acids is 1. The average molecular weight is 421 g/mol. The van der Waals surface area contributed by atoms with Gasteiger partial charge >= 0.3 is 0 Å². The Hall–Kier alpha value is -2.80. The molecule has 3 aromatic rings. The van der Waals surface area contributed by atoms with Crippen molar-refractivity contribution in [2.24, 2.45) is 0 Å². The molecule has 2 fully saturated rings.